The molecule has 0 aliphatic rings. The molecule has 3 N–H and O–H groups in total. The summed E-state index contributed by atoms with van der Waals surface area (Å²) < 4.78 is 68.6. The van der Waals surface area contributed by atoms with Gasteiger partial charge in [-0.3, -0.25) is 37.3 Å². The second kappa shape index (κ2) is 72.0. The Hall–Kier alpha value is -1.94. The average Bonchev–Trinajstić information content (AvgIpc) is 1.02. The minimum Gasteiger partial charge on any atom is -0.462 e. The van der Waals surface area contributed by atoms with E-state index in [2.05, 4.69) is 34.6 Å². The molecule has 0 saturated heterocycles. The van der Waals surface area contributed by atoms with Crippen molar-refractivity contribution in [2.45, 2.75) is 438 Å². The number of aliphatic hydroxyl groups is 1. The van der Waals surface area contributed by atoms with Crippen LogP contribution in [0.4, 0.5) is 0 Å². The van der Waals surface area contributed by atoms with Gasteiger partial charge in [0.2, 0.25) is 0 Å². The Morgan fingerprint density at radius 3 is 0.724 bits per heavy atom. The maximum absolute atomic E-state index is 13.1. The highest BCUT2D eigenvalue weighted by molar-refractivity contribution is 7.47. The van der Waals surface area contributed by atoms with Crippen LogP contribution in [-0.2, 0) is 65.4 Å². The predicted octanol–water partition coefficient (Wildman–Crippen LogP) is 23.6. The van der Waals surface area contributed by atoms with Gasteiger partial charge >= 0.3 is 39.5 Å². The number of phosphoric ester groups is 2. The molecule has 0 aromatic rings. The first-order valence-electron chi connectivity index (χ1n) is 41.2. The van der Waals surface area contributed by atoms with E-state index in [0.29, 0.717) is 25.7 Å². The molecule has 0 aliphatic carbocycles. The Morgan fingerprint density at radius 1 is 0.286 bits per heavy atom. The maximum atomic E-state index is 13.1. The lowest BCUT2D eigenvalue weighted by molar-refractivity contribution is -0.161. The van der Waals surface area contributed by atoms with E-state index in [1.165, 1.54) is 238 Å². The zero-order valence-electron chi connectivity index (χ0n) is 63.9. The van der Waals surface area contributed by atoms with Crippen molar-refractivity contribution in [3.63, 3.8) is 0 Å². The molecule has 0 aliphatic heterocycles. The minimum atomic E-state index is -4.96. The number of aliphatic hydroxyl groups excluding tert-OH is 1. The van der Waals surface area contributed by atoms with E-state index in [1.54, 1.807) is 0 Å². The molecule has 0 saturated carbocycles. The van der Waals surface area contributed by atoms with Gasteiger partial charge in [-0.15, -0.1) is 0 Å². The molecule has 6 atom stereocenters. The summed E-state index contributed by atoms with van der Waals surface area (Å²) >= 11 is 0. The fraction of sp³-hybridized carbons (Fsp3) is 0.949. The smallest absolute Gasteiger partial charge is 0.462 e. The zero-order chi connectivity index (χ0) is 71.9. The fourth-order valence-electron chi connectivity index (χ4n) is 12.2. The third kappa shape index (κ3) is 71.1. The molecule has 3 unspecified atom stereocenters. The average molecular weight is 1440 g/mol. The number of unbranched alkanes of at least 4 members (excludes halogenated alkanes) is 50. The molecule has 98 heavy (non-hydrogen) atoms. The van der Waals surface area contributed by atoms with Crippen LogP contribution in [0, 0.1) is 5.92 Å². The maximum Gasteiger partial charge on any atom is 0.472 e. The normalized spacial score (nSPS) is 14.2. The van der Waals surface area contributed by atoms with Crippen molar-refractivity contribution >= 4 is 39.5 Å². The molecule has 17 nitrogen and oxygen atoms in total. The summed E-state index contributed by atoms with van der Waals surface area (Å²) in [7, 11) is -9.91. The molecule has 0 fully saturated rings. The second-order valence-corrected chi connectivity index (χ2v) is 31.6. The first-order valence-corrected chi connectivity index (χ1v) is 44.2. The molecular formula is C79H154O17P2. The summed E-state index contributed by atoms with van der Waals surface area (Å²) in [6.07, 6.45) is 62.5. The van der Waals surface area contributed by atoms with Crippen molar-refractivity contribution in [3.05, 3.63) is 0 Å². The first-order chi connectivity index (χ1) is 47.6. The van der Waals surface area contributed by atoms with Crippen LogP contribution in [0.25, 0.3) is 0 Å². The van der Waals surface area contributed by atoms with Gasteiger partial charge in [-0.1, -0.05) is 369 Å². The number of carbonyl (C=O) groups excluding carboxylic acids is 4. The minimum absolute atomic E-state index is 0.107. The third-order valence-corrected chi connectivity index (χ3v) is 20.8. The number of carbonyl (C=O) groups is 4. The number of hydrogen-bond donors (Lipinski definition) is 3. The van der Waals surface area contributed by atoms with Crippen molar-refractivity contribution in [2.75, 3.05) is 39.6 Å². The first kappa shape index (κ1) is 96.1. The molecule has 0 aromatic carbocycles. The van der Waals surface area contributed by atoms with Gasteiger partial charge in [0.05, 0.1) is 26.4 Å². The van der Waals surface area contributed by atoms with Gasteiger partial charge in [-0.25, -0.2) is 9.13 Å². The van der Waals surface area contributed by atoms with Crippen LogP contribution in [0.1, 0.15) is 420 Å². The lowest BCUT2D eigenvalue weighted by Crippen LogP contribution is -2.30. The summed E-state index contributed by atoms with van der Waals surface area (Å²) in [5.41, 5.74) is 0. The van der Waals surface area contributed by atoms with Crippen LogP contribution in [0.5, 0.6) is 0 Å². The van der Waals surface area contributed by atoms with Gasteiger partial charge < -0.3 is 33.8 Å². The number of hydrogen-bond acceptors (Lipinski definition) is 15. The molecule has 0 aromatic heterocycles. The zero-order valence-corrected chi connectivity index (χ0v) is 65.7. The van der Waals surface area contributed by atoms with E-state index in [1.807, 2.05) is 0 Å². The summed E-state index contributed by atoms with van der Waals surface area (Å²) in [4.78, 5) is 72.8. The van der Waals surface area contributed by atoms with E-state index < -0.39 is 97.5 Å². The van der Waals surface area contributed by atoms with Crippen LogP contribution in [0.3, 0.4) is 0 Å². The van der Waals surface area contributed by atoms with Gasteiger partial charge in [-0.05, 0) is 31.6 Å². The van der Waals surface area contributed by atoms with Crippen LogP contribution in [0.15, 0.2) is 0 Å². The third-order valence-electron chi connectivity index (χ3n) is 18.9. The SMILES string of the molecule is CCCCCCCCCCCCCCCCCCCCCCCC(=O)O[C@H](COC(=O)CCCCCCCCCCCCCCCCC)COP(=O)(O)OC[C@@H](O)COP(=O)(O)OC[C@@H](COC(=O)CCCCCCCCCC)OC(=O)CCCCCCCCCCCCC(C)CC. The lowest BCUT2D eigenvalue weighted by atomic mass is 9.99. The van der Waals surface area contributed by atoms with E-state index >= 15 is 0 Å². The Bertz CT molecular complexity index is 1880. The number of rotatable bonds is 79. The number of phosphoric acid groups is 2. The number of esters is 4. The monoisotopic (exact) mass is 1440 g/mol. The van der Waals surface area contributed by atoms with E-state index in [9.17, 15) is 43.2 Å². The summed E-state index contributed by atoms with van der Waals surface area (Å²) in [6, 6.07) is 0. The van der Waals surface area contributed by atoms with E-state index in [0.717, 1.165) is 102 Å². The molecule has 19 heteroatoms. The standard InChI is InChI=1S/C79H154O17P2/c1-6-10-13-16-19-22-24-26-28-29-30-31-32-33-35-37-39-44-49-54-59-64-78(83)96-75(69-90-77(82)63-58-53-48-43-38-36-34-27-25-23-20-17-14-11-7-2)71-94-98(87,88)92-67-73(80)66-91-97(85,86)93-70-74(68-89-76(81)62-57-52-47-21-18-15-12-8-3)95-79(84)65-60-55-50-45-41-40-42-46-51-56-61-72(5)9-4/h72-75,80H,6-71H2,1-5H3,(H,85,86)(H,87,88)/t72?,73-,74+,75+/m0/s1. The molecule has 0 amide bonds. The molecule has 0 spiro atoms. The highest BCUT2D eigenvalue weighted by Gasteiger charge is 2.30. The van der Waals surface area contributed by atoms with Crippen molar-refractivity contribution in [3.8, 4) is 0 Å². The fourth-order valence-corrected chi connectivity index (χ4v) is 13.8. The Morgan fingerprint density at radius 2 is 0.490 bits per heavy atom. The molecule has 582 valence electrons. The van der Waals surface area contributed by atoms with Crippen LogP contribution in [-0.4, -0.2) is 96.7 Å². The molecule has 0 radical (unpaired) electrons. The van der Waals surface area contributed by atoms with Crippen LogP contribution in [0.2, 0.25) is 0 Å². The van der Waals surface area contributed by atoms with Gasteiger partial charge in [0.1, 0.15) is 19.3 Å². The van der Waals surface area contributed by atoms with Gasteiger partial charge in [0.25, 0.3) is 0 Å². The lowest BCUT2D eigenvalue weighted by Gasteiger charge is -2.21. The Labute approximate surface area is 600 Å². The molecular weight excluding hydrogens is 1280 g/mol. The Balaban J connectivity index is 5.19. The number of ether oxygens (including phenoxy) is 4. The summed E-state index contributed by atoms with van der Waals surface area (Å²) in [6.45, 7) is 7.31. The predicted molar refractivity (Wildman–Crippen MR) is 400 cm³/mol. The van der Waals surface area contributed by atoms with Gasteiger partial charge in [-0.2, -0.15) is 0 Å². The molecule has 0 bridgehead atoms. The van der Waals surface area contributed by atoms with E-state index in [4.69, 9.17) is 37.0 Å². The largest absolute Gasteiger partial charge is 0.472 e. The van der Waals surface area contributed by atoms with Crippen molar-refractivity contribution in [1.29, 1.82) is 0 Å². The quantitative estimate of drug-likeness (QED) is 0.0222. The second-order valence-electron chi connectivity index (χ2n) is 28.7. The van der Waals surface area contributed by atoms with Crippen molar-refractivity contribution in [1.82, 2.24) is 0 Å². The highest BCUT2D eigenvalue weighted by atomic mass is 31.2. The van der Waals surface area contributed by atoms with Gasteiger partial charge in [0, 0.05) is 25.7 Å². The molecule has 0 rings (SSSR count). The van der Waals surface area contributed by atoms with Crippen LogP contribution < -0.4 is 0 Å². The molecule has 0 heterocycles. The Kier molecular flexibility index (Phi) is 70.6. The topological polar surface area (TPSA) is 237 Å². The van der Waals surface area contributed by atoms with Crippen molar-refractivity contribution < 1.29 is 80.2 Å². The summed E-state index contributed by atoms with van der Waals surface area (Å²) in [5.74, 6) is -1.31. The van der Waals surface area contributed by atoms with Crippen molar-refractivity contribution in [2.24, 2.45) is 5.92 Å². The van der Waals surface area contributed by atoms with Crippen LogP contribution >= 0.6 is 15.6 Å². The summed E-state index contributed by atoms with van der Waals surface area (Å²) in [5, 5.41) is 10.6. The highest BCUT2D eigenvalue weighted by Crippen LogP contribution is 2.45. The van der Waals surface area contributed by atoms with E-state index in [-0.39, 0.29) is 25.7 Å². The van der Waals surface area contributed by atoms with Gasteiger partial charge in [0.15, 0.2) is 12.2 Å².